The second-order valence-corrected chi connectivity index (χ2v) is 6.36. The van der Waals surface area contributed by atoms with E-state index in [4.69, 9.17) is 5.73 Å². The highest BCUT2D eigenvalue weighted by atomic mass is 19.1. The van der Waals surface area contributed by atoms with E-state index in [0.29, 0.717) is 32.6 Å². The van der Waals surface area contributed by atoms with Gasteiger partial charge in [-0.25, -0.2) is 4.39 Å². The Labute approximate surface area is 142 Å². The zero-order valence-electron chi connectivity index (χ0n) is 14.4. The van der Waals surface area contributed by atoms with Gasteiger partial charge in [-0.3, -0.25) is 9.59 Å². The van der Waals surface area contributed by atoms with Gasteiger partial charge in [0.1, 0.15) is 5.82 Å². The predicted molar refractivity (Wildman–Crippen MR) is 90.9 cm³/mol. The van der Waals surface area contributed by atoms with Crippen LogP contribution in [-0.2, 0) is 4.79 Å². The van der Waals surface area contributed by atoms with Crippen LogP contribution in [0, 0.1) is 11.7 Å². The summed E-state index contributed by atoms with van der Waals surface area (Å²) in [5.74, 6) is -0.784. The minimum atomic E-state index is -0.515. The number of carbonyl (C=O) groups excluding carboxylic acids is 2. The molecule has 1 saturated heterocycles. The molecule has 0 radical (unpaired) electrons. The number of hydrogen-bond acceptors (Lipinski definition) is 3. The molecule has 6 heteroatoms. The lowest BCUT2D eigenvalue weighted by molar-refractivity contribution is -0.133. The predicted octanol–water partition coefficient (Wildman–Crippen LogP) is 1.87. The van der Waals surface area contributed by atoms with Crippen LogP contribution in [0.25, 0.3) is 0 Å². The van der Waals surface area contributed by atoms with Crippen molar-refractivity contribution in [2.75, 3.05) is 26.2 Å². The summed E-state index contributed by atoms with van der Waals surface area (Å²) in [6.07, 6.45) is 1.51. The van der Waals surface area contributed by atoms with E-state index in [1.54, 1.807) is 21.9 Å². The van der Waals surface area contributed by atoms with Gasteiger partial charge >= 0.3 is 0 Å². The third kappa shape index (κ3) is 4.12. The molecule has 0 aromatic heterocycles. The lowest BCUT2D eigenvalue weighted by atomic mass is 9.99. The Balaban J connectivity index is 2.01. The van der Waals surface area contributed by atoms with Gasteiger partial charge in [0.2, 0.25) is 5.91 Å². The molecule has 0 spiro atoms. The molecule has 1 fully saturated rings. The molecule has 2 rings (SSSR count). The van der Waals surface area contributed by atoms with Crippen molar-refractivity contribution in [3.05, 3.63) is 35.6 Å². The third-order valence-electron chi connectivity index (χ3n) is 4.74. The maximum absolute atomic E-state index is 13.8. The fraction of sp³-hybridized carbons (Fsp3) is 0.556. The Hall–Kier alpha value is -1.95. The number of benzene rings is 1. The highest BCUT2D eigenvalue weighted by Crippen LogP contribution is 2.14. The van der Waals surface area contributed by atoms with E-state index in [-0.39, 0.29) is 23.3 Å². The number of hydrogen-bond donors (Lipinski definition) is 1. The third-order valence-corrected chi connectivity index (χ3v) is 4.74. The van der Waals surface area contributed by atoms with Gasteiger partial charge in [-0.15, -0.1) is 0 Å². The summed E-state index contributed by atoms with van der Waals surface area (Å²) in [7, 11) is 0. The fourth-order valence-electron chi connectivity index (χ4n) is 2.85. The van der Waals surface area contributed by atoms with Gasteiger partial charge in [0.15, 0.2) is 0 Å². The molecule has 1 aromatic rings. The zero-order valence-corrected chi connectivity index (χ0v) is 14.4. The van der Waals surface area contributed by atoms with E-state index < -0.39 is 11.9 Å². The van der Waals surface area contributed by atoms with Gasteiger partial charge in [0.25, 0.3) is 5.91 Å². The average molecular weight is 335 g/mol. The van der Waals surface area contributed by atoms with Crippen molar-refractivity contribution in [2.45, 2.75) is 32.7 Å². The Morgan fingerprint density at radius 3 is 2.46 bits per heavy atom. The first-order valence-corrected chi connectivity index (χ1v) is 8.53. The second kappa shape index (κ2) is 8.24. The van der Waals surface area contributed by atoms with Crippen molar-refractivity contribution < 1.29 is 14.0 Å². The Morgan fingerprint density at radius 2 is 1.79 bits per heavy atom. The Kier molecular flexibility index (Phi) is 6.31. The van der Waals surface area contributed by atoms with Crippen LogP contribution in [0.3, 0.4) is 0 Å². The van der Waals surface area contributed by atoms with Crippen LogP contribution >= 0.6 is 0 Å². The molecule has 0 bridgehead atoms. The zero-order chi connectivity index (χ0) is 17.7. The van der Waals surface area contributed by atoms with E-state index >= 15 is 0 Å². The lowest BCUT2D eigenvalue weighted by Crippen LogP contribution is -2.48. The van der Waals surface area contributed by atoms with Crippen molar-refractivity contribution in [3.8, 4) is 0 Å². The van der Waals surface area contributed by atoms with Crippen LogP contribution in [-0.4, -0.2) is 53.8 Å². The van der Waals surface area contributed by atoms with Gasteiger partial charge in [0.05, 0.1) is 11.6 Å². The number of amides is 2. The minimum Gasteiger partial charge on any atom is -0.339 e. The van der Waals surface area contributed by atoms with Crippen LogP contribution in [0.15, 0.2) is 24.3 Å². The lowest BCUT2D eigenvalue weighted by Gasteiger charge is -2.27. The van der Waals surface area contributed by atoms with Crippen molar-refractivity contribution in [3.63, 3.8) is 0 Å². The van der Waals surface area contributed by atoms with Crippen molar-refractivity contribution in [2.24, 2.45) is 11.7 Å². The molecule has 132 valence electrons. The molecular weight excluding hydrogens is 309 g/mol. The maximum atomic E-state index is 13.8. The van der Waals surface area contributed by atoms with E-state index in [0.717, 1.165) is 6.42 Å². The summed E-state index contributed by atoms with van der Waals surface area (Å²) in [5.41, 5.74) is 6.11. The first-order chi connectivity index (χ1) is 11.5. The normalized spacial score (nSPS) is 18.0. The van der Waals surface area contributed by atoms with E-state index in [1.807, 2.05) is 13.8 Å². The molecule has 2 N–H and O–H groups in total. The quantitative estimate of drug-likeness (QED) is 0.913. The SMILES string of the molecule is CCC(C)C(N)C(=O)N1CCCN(C(=O)c2ccccc2F)CC1. The summed E-state index contributed by atoms with van der Waals surface area (Å²) >= 11 is 0. The standard InChI is InChI=1S/C18H26FN3O2/c1-3-13(2)16(20)18(24)22-10-6-9-21(11-12-22)17(23)14-7-4-5-8-15(14)19/h4-5,7-8,13,16H,3,6,9-12,20H2,1-2H3. The fourth-order valence-corrected chi connectivity index (χ4v) is 2.85. The molecule has 1 aromatic carbocycles. The number of nitrogens with two attached hydrogens (primary N) is 1. The van der Waals surface area contributed by atoms with Gasteiger partial charge in [-0.1, -0.05) is 32.4 Å². The molecule has 2 unspecified atom stereocenters. The topological polar surface area (TPSA) is 66.6 Å². The van der Waals surface area contributed by atoms with Crippen molar-refractivity contribution in [1.29, 1.82) is 0 Å². The molecule has 0 aliphatic carbocycles. The summed E-state index contributed by atoms with van der Waals surface area (Å²) in [5, 5.41) is 0. The number of halogens is 1. The molecule has 0 saturated carbocycles. The first kappa shape index (κ1) is 18.4. The van der Waals surface area contributed by atoms with Gasteiger partial charge in [-0.05, 0) is 24.5 Å². The number of rotatable bonds is 4. The van der Waals surface area contributed by atoms with Crippen LogP contribution in [0.1, 0.15) is 37.0 Å². The molecule has 1 aliphatic rings. The van der Waals surface area contributed by atoms with E-state index in [9.17, 15) is 14.0 Å². The molecule has 2 amide bonds. The Morgan fingerprint density at radius 1 is 1.17 bits per heavy atom. The summed E-state index contributed by atoms with van der Waals surface area (Å²) in [6, 6.07) is 5.47. The highest BCUT2D eigenvalue weighted by Gasteiger charge is 2.28. The maximum Gasteiger partial charge on any atom is 0.256 e. The largest absolute Gasteiger partial charge is 0.339 e. The monoisotopic (exact) mass is 335 g/mol. The highest BCUT2D eigenvalue weighted by molar-refractivity contribution is 5.94. The molecular formula is C18H26FN3O2. The minimum absolute atomic E-state index is 0.0652. The van der Waals surface area contributed by atoms with Crippen LogP contribution in [0.2, 0.25) is 0 Å². The van der Waals surface area contributed by atoms with Crippen molar-refractivity contribution in [1.82, 2.24) is 9.80 Å². The summed E-state index contributed by atoms with van der Waals surface area (Å²) in [4.78, 5) is 28.3. The Bertz CT molecular complexity index is 593. The molecule has 1 heterocycles. The van der Waals surface area contributed by atoms with Gasteiger partial charge < -0.3 is 15.5 Å². The van der Waals surface area contributed by atoms with E-state index in [1.165, 1.54) is 12.1 Å². The second-order valence-electron chi connectivity index (χ2n) is 6.36. The molecule has 1 aliphatic heterocycles. The van der Waals surface area contributed by atoms with E-state index in [2.05, 4.69) is 0 Å². The first-order valence-electron chi connectivity index (χ1n) is 8.53. The number of nitrogens with zero attached hydrogens (tertiary/aromatic N) is 2. The summed E-state index contributed by atoms with van der Waals surface area (Å²) < 4.78 is 13.8. The molecule has 5 nitrogen and oxygen atoms in total. The van der Waals surface area contributed by atoms with Crippen LogP contribution in [0.5, 0.6) is 0 Å². The smallest absolute Gasteiger partial charge is 0.256 e. The van der Waals surface area contributed by atoms with Crippen LogP contribution in [0.4, 0.5) is 4.39 Å². The van der Waals surface area contributed by atoms with Crippen molar-refractivity contribution >= 4 is 11.8 Å². The number of carbonyl (C=O) groups is 2. The molecule has 24 heavy (non-hydrogen) atoms. The average Bonchev–Trinajstić information content (AvgIpc) is 2.85. The molecule has 2 atom stereocenters. The van der Waals surface area contributed by atoms with Crippen LogP contribution < -0.4 is 5.73 Å². The summed E-state index contributed by atoms with van der Waals surface area (Å²) in [6.45, 7) is 5.89. The van der Waals surface area contributed by atoms with Gasteiger partial charge in [-0.2, -0.15) is 0 Å². The van der Waals surface area contributed by atoms with Gasteiger partial charge in [0, 0.05) is 26.2 Å².